The number of carbonyl (C=O) groups excluding carboxylic acids is 1. The van der Waals surface area contributed by atoms with E-state index in [1.807, 2.05) is 50.2 Å². The summed E-state index contributed by atoms with van der Waals surface area (Å²) in [6.45, 7) is 7.79. The molecule has 1 aromatic heterocycles. The van der Waals surface area contributed by atoms with Gasteiger partial charge in [0, 0.05) is 4.47 Å². The van der Waals surface area contributed by atoms with Gasteiger partial charge in [-0.3, -0.25) is 9.36 Å². The third-order valence-corrected chi connectivity index (χ3v) is 7.53. The van der Waals surface area contributed by atoms with E-state index >= 15 is 0 Å². The number of esters is 1. The van der Waals surface area contributed by atoms with Crippen molar-refractivity contribution in [2.45, 2.75) is 39.8 Å². The predicted molar refractivity (Wildman–Crippen MR) is 143 cm³/mol. The molecular formula is C27H25BrN2O6S. The molecule has 0 spiro atoms. The van der Waals surface area contributed by atoms with E-state index in [0.29, 0.717) is 37.9 Å². The second kappa shape index (κ2) is 10.2. The van der Waals surface area contributed by atoms with Crippen LogP contribution >= 0.6 is 27.3 Å². The standard InChI is InChI=1S/C27H25BrN2O6S/c1-5-33-26(32)23-15(4)29-27-30(24(23)16-6-8-18(9-7-16)36-14(2)3)25(31)22(37-27)11-17-10-20-21(12-19(17)28)35-13-34-20/h6-12,14,24H,5,13H2,1-4H3/b22-11-/t24-/m0/s1. The van der Waals surface area contributed by atoms with Gasteiger partial charge in [-0.25, -0.2) is 9.79 Å². The van der Waals surface area contributed by atoms with Gasteiger partial charge in [0.25, 0.3) is 5.56 Å². The van der Waals surface area contributed by atoms with Crippen molar-refractivity contribution in [2.75, 3.05) is 13.4 Å². The summed E-state index contributed by atoms with van der Waals surface area (Å²) in [4.78, 5) is 32.0. The van der Waals surface area contributed by atoms with Gasteiger partial charge in [0.2, 0.25) is 6.79 Å². The average molecular weight is 585 g/mol. The molecule has 10 heteroatoms. The minimum atomic E-state index is -0.689. The highest BCUT2D eigenvalue weighted by atomic mass is 79.9. The lowest BCUT2D eigenvalue weighted by atomic mass is 9.96. The summed E-state index contributed by atoms with van der Waals surface area (Å²) in [5.41, 5.74) is 2.12. The fraction of sp³-hybridized carbons (Fsp3) is 0.296. The molecule has 0 saturated heterocycles. The molecule has 8 nitrogen and oxygen atoms in total. The number of hydrogen-bond donors (Lipinski definition) is 0. The van der Waals surface area contributed by atoms with Gasteiger partial charge in [-0.2, -0.15) is 0 Å². The molecule has 0 radical (unpaired) electrons. The third-order valence-electron chi connectivity index (χ3n) is 5.86. The first-order valence-electron chi connectivity index (χ1n) is 11.8. The molecule has 37 heavy (non-hydrogen) atoms. The van der Waals surface area contributed by atoms with Gasteiger partial charge in [-0.05, 0) is 69.2 Å². The molecule has 1 atom stereocenters. The molecule has 0 unspecified atom stereocenters. The summed E-state index contributed by atoms with van der Waals surface area (Å²) in [7, 11) is 0. The monoisotopic (exact) mass is 584 g/mol. The Bertz CT molecular complexity index is 1590. The van der Waals surface area contributed by atoms with Crippen molar-refractivity contribution in [2.24, 2.45) is 4.99 Å². The molecule has 3 heterocycles. The number of carbonyl (C=O) groups is 1. The Balaban J connectivity index is 1.66. The first-order chi connectivity index (χ1) is 17.8. The van der Waals surface area contributed by atoms with Gasteiger partial charge in [-0.1, -0.05) is 39.4 Å². The summed E-state index contributed by atoms with van der Waals surface area (Å²) in [5.74, 6) is 1.47. The van der Waals surface area contributed by atoms with Crippen LogP contribution in [0.25, 0.3) is 6.08 Å². The van der Waals surface area contributed by atoms with Crippen LogP contribution in [-0.2, 0) is 9.53 Å². The van der Waals surface area contributed by atoms with E-state index in [1.54, 1.807) is 24.5 Å². The van der Waals surface area contributed by atoms with Gasteiger partial charge in [0.15, 0.2) is 16.3 Å². The van der Waals surface area contributed by atoms with E-state index in [4.69, 9.17) is 18.9 Å². The smallest absolute Gasteiger partial charge is 0.338 e. The first kappa shape index (κ1) is 25.3. The van der Waals surface area contributed by atoms with Crippen LogP contribution in [0.2, 0.25) is 0 Å². The second-order valence-electron chi connectivity index (χ2n) is 8.76. The molecule has 0 saturated carbocycles. The van der Waals surface area contributed by atoms with Crippen molar-refractivity contribution >= 4 is 39.3 Å². The summed E-state index contributed by atoms with van der Waals surface area (Å²) >= 11 is 4.82. The van der Waals surface area contributed by atoms with Crippen LogP contribution in [0.15, 0.2) is 61.9 Å². The molecule has 0 bridgehead atoms. The highest BCUT2D eigenvalue weighted by Gasteiger charge is 2.33. The molecule has 2 aromatic carbocycles. The number of benzene rings is 2. The van der Waals surface area contributed by atoms with E-state index in [2.05, 4.69) is 20.9 Å². The van der Waals surface area contributed by atoms with Crippen molar-refractivity contribution in [1.29, 1.82) is 0 Å². The number of nitrogens with zero attached hydrogens (tertiary/aromatic N) is 2. The van der Waals surface area contributed by atoms with E-state index in [0.717, 1.165) is 15.6 Å². The first-order valence-corrected chi connectivity index (χ1v) is 13.4. The van der Waals surface area contributed by atoms with Gasteiger partial charge >= 0.3 is 5.97 Å². The number of halogens is 1. The van der Waals surface area contributed by atoms with Crippen LogP contribution in [-0.4, -0.2) is 30.0 Å². The molecule has 0 N–H and O–H groups in total. The lowest BCUT2D eigenvalue weighted by Gasteiger charge is -2.25. The van der Waals surface area contributed by atoms with Crippen molar-refractivity contribution in [1.82, 2.24) is 4.57 Å². The molecule has 2 aliphatic heterocycles. The van der Waals surface area contributed by atoms with Gasteiger partial charge in [0.1, 0.15) is 5.75 Å². The molecule has 2 aliphatic rings. The number of aromatic nitrogens is 1. The zero-order valence-electron chi connectivity index (χ0n) is 20.7. The Morgan fingerprint density at radius 2 is 1.95 bits per heavy atom. The zero-order valence-corrected chi connectivity index (χ0v) is 23.1. The Morgan fingerprint density at radius 1 is 1.24 bits per heavy atom. The number of thiazole rings is 1. The average Bonchev–Trinajstić information content (AvgIpc) is 3.42. The third kappa shape index (κ3) is 4.83. The van der Waals surface area contributed by atoms with E-state index < -0.39 is 12.0 Å². The number of hydrogen-bond acceptors (Lipinski definition) is 8. The molecule has 192 valence electrons. The highest BCUT2D eigenvalue weighted by Crippen LogP contribution is 2.37. The summed E-state index contributed by atoms with van der Waals surface area (Å²) in [5, 5.41) is 0. The normalized spacial score (nSPS) is 16.6. The Labute approximate surface area is 225 Å². The zero-order chi connectivity index (χ0) is 26.3. The summed E-state index contributed by atoms with van der Waals surface area (Å²) < 4.78 is 24.9. The van der Waals surface area contributed by atoms with Gasteiger partial charge < -0.3 is 18.9 Å². The minimum absolute atomic E-state index is 0.0243. The highest BCUT2D eigenvalue weighted by molar-refractivity contribution is 9.10. The lowest BCUT2D eigenvalue weighted by Crippen LogP contribution is -2.39. The maximum atomic E-state index is 13.8. The topological polar surface area (TPSA) is 88.4 Å². The Hall–Kier alpha value is -3.37. The van der Waals surface area contributed by atoms with Crippen molar-refractivity contribution < 1.29 is 23.7 Å². The largest absolute Gasteiger partial charge is 0.491 e. The van der Waals surface area contributed by atoms with Crippen LogP contribution in [0.4, 0.5) is 0 Å². The lowest BCUT2D eigenvalue weighted by molar-refractivity contribution is -0.139. The molecule has 0 aliphatic carbocycles. The maximum Gasteiger partial charge on any atom is 0.338 e. The van der Waals surface area contributed by atoms with E-state index in [9.17, 15) is 9.59 Å². The quantitative estimate of drug-likeness (QED) is 0.406. The Morgan fingerprint density at radius 3 is 2.62 bits per heavy atom. The number of fused-ring (bicyclic) bond motifs is 2. The summed E-state index contributed by atoms with van der Waals surface area (Å²) in [6, 6.07) is 10.4. The minimum Gasteiger partial charge on any atom is -0.491 e. The van der Waals surface area contributed by atoms with Crippen LogP contribution < -0.4 is 29.1 Å². The van der Waals surface area contributed by atoms with Crippen LogP contribution in [0.3, 0.4) is 0 Å². The molecular weight excluding hydrogens is 560 g/mol. The number of rotatable bonds is 6. The fourth-order valence-electron chi connectivity index (χ4n) is 4.29. The van der Waals surface area contributed by atoms with Crippen LogP contribution in [0.1, 0.15) is 44.9 Å². The Kier molecular flexibility index (Phi) is 6.96. The van der Waals surface area contributed by atoms with Gasteiger partial charge in [-0.15, -0.1) is 0 Å². The van der Waals surface area contributed by atoms with Crippen LogP contribution in [0.5, 0.6) is 17.2 Å². The van der Waals surface area contributed by atoms with Crippen molar-refractivity contribution in [3.63, 3.8) is 0 Å². The van der Waals surface area contributed by atoms with E-state index in [-0.39, 0.29) is 25.1 Å². The molecule has 3 aromatic rings. The van der Waals surface area contributed by atoms with Crippen molar-refractivity contribution in [3.05, 3.63) is 83.0 Å². The fourth-order valence-corrected chi connectivity index (χ4v) is 5.77. The van der Waals surface area contributed by atoms with E-state index in [1.165, 1.54) is 11.3 Å². The number of allylic oxidation sites excluding steroid dienone is 1. The molecule has 5 rings (SSSR count). The number of ether oxygens (including phenoxy) is 4. The molecule has 0 fully saturated rings. The SMILES string of the molecule is CCOC(=O)C1=C(C)N=c2s/c(=C\c3cc4c(cc3Br)OCO4)c(=O)n2[C@H]1c1ccc(OC(C)C)cc1. The maximum absolute atomic E-state index is 13.8. The van der Waals surface area contributed by atoms with Gasteiger partial charge in [0.05, 0.1) is 34.6 Å². The molecule has 0 amide bonds. The van der Waals surface area contributed by atoms with Crippen molar-refractivity contribution in [3.8, 4) is 17.2 Å². The predicted octanol–water partition coefficient (Wildman–Crippen LogP) is 4.08. The van der Waals surface area contributed by atoms with Crippen LogP contribution in [0, 0.1) is 0 Å². The second-order valence-corrected chi connectivity index (χ2v) is 10.6. The summed E-state index contributed by atoms with van der Waals surface area (Å²) in [6.07, 6.45) is 1.81.